The Morgan fingerprint density at radius 1 is 1.43 bits per heavy atom. The third kappa shape index (κ3) is 3.07. The fraction of sp³-hybridized carbons (Fsp3) is 0.818. The molecule has 1 fully saturated rings. The molecule has 1 radical (unpaired) electrons. The van der Waals surface area contributed by atoms with E-state index in [1.54, 1.807) is 0 Å². The SMILES string of the molecule is [CH](CN1CCNCC1)C1CCCC=N1. The summed E-state index contributed by atoms with van der Waals surface area (Å²) in [6.45, 7) is 5.77. The van der Waals surface area contributed by atoms with Crippen molar-refractivity contribution in [3.05, 3.63) is 6.42 Å². The number of hydrogen-bond donors (Lipinski definition) is 1. The summed E-state index contributed by atoms with van der Waals surface area (Å²) < 4.78 is 0. The van der Waals surface area contributed by atoms with Gasteiger partial charge in [0.25, 0.3) is 0 Å². The molecular formula is C11H20N3. The summed E-state index contributed by atoms with van der Waals surface area (Å²) >= 11 is 0. The van der Waals surface area contributed by atoms with Gasteiger partial charge in [-0.15, -0.1) is 0 Å². The van der Waals surface area contributed by atoms with Gasteiger partial charge in [-0.25, -0.2) is 0 Å². The lowest BCUT2D eigenvalue weighted by molar-refractivity contribution is 0.253. The fourth-order valence-electron chi connectivity index (χ4n) is 2.05. The van der Waals surface area contributed by atoms with Gasteiger partial charge in [-0.2, -0.15) is 0 Å². The molecule has 0 spiro atoms. The van der Waals surface area contributed by atoms with Gasteiger partial charge < -0.3 is 10.2 Å². The molecule has 0 aromatic carbocycles. The highest BCUT2D eigenvalue weighted by Crippen LogP contribution is 2.12. The molecule has 0 aliphatic carbocycles. The number of piperazine rings is 1. The Morgan fingerprint density at radius 2 is 2.29 bits per heavy atom. The smallest absolute Gasteiger partial charge is 0.0540 e. The molecule has 0 aromatic rings. The molecule has 1 N–H and O–H groups in total. The van der Waals surface area contributed by atoms with Crippen LogP contribution < -0.4 is 5.32 Å². The second-order valence-corrected chi connectivity index (χ2v) is 4.12. The van der Waals surface area contributed by atoms with E-state index in [9.17, 15) is 0 Å². The Bertz CT molecular complexity index is 185. The van der Waals surface area contributed by atoms with Gasteiger partial charge in [0.15, 0.2) is 0 Å². The van der Waals surface area contributed by atoms with Crippen LogP contribution in [0.25, 0.3) is 0 Å². The fourth-order valence-corrected chi connectivity index (χ4v) is 2.05. The molecule has 1 unspecified atom stereocenters. The zero-order valence-electron chi connectivity index (χ0n) is 8.78. The minimum atomic E-state index is 0.499. The van der Waals surface area contributed by atoms with Gasteiger partial charge >= 0.3 is 0 Å². The predicted octanol–water partition coefficient (Wildman–Crippen LogP) is 0.719. The zero-order chi connectivity index (χ0) is 9.64. The lowest BCUT2D eigenvalue weighted by Crippen LogP contribution is -2.44. The Kier molecular flexibility index (Phi) is 3.95. The van der Waals surface area contributed by atoms with Crippen molar-refractivity contribution in [1.29, 1.82) is 0 Å². The zero-order valence-corrected chi connectivity index (χ0v) is 8.78. The van der Waals surface area contributed by atoms with Crippen molar-refractivity contribution in [3.63, 3.8) is 0 Å². The van der Waals surface area contributed by atoms with Gasteiger partial charge in [0.1, 0.15) is 0 Å². The summed E-state index contributed by atoms with van der Waals surface area (Å²) in [5.41, 5.74) is 0. The maximum absolute atomic E-state index is 4.49. The Morgan fingerprint density at radius 3 is 3.00 bits per heavy atom. The van der Waals surface area contributed by atoms with Gasteiger partial charge in [-0.1, -0.05) is 0 Å². The highest BCUT2D eigenvalue weighted by atomic mass is 15.2. The van der Waals surface area contributed by atoms with Crippen LogP contribution in [0.15, 0.2) is 4.99 Å². The van der Waals surface area contributed by atoms with Crippen molar-refractivity contribution in [1.82, 2.24) is 10.2 Å². The van der Waals surface area contributed by atoms with Gasteiger partial charge in [0, 0.05) is 32.7 Å². The molecule has 79 valence electrons. The summed E-state index contributed by atoms with van der Waals surface area (Å²) in [5.74, 6) is 0. The summed E-state index contributed by atoms with van der Waals surface area (Å²) in [5, 5.41) is 3.37. The molecule has 0 aromatic heterocycles. The van der Waals surface area contributed by atoms with Crippen LogP contribution in [0.2, 0.25) is 0 Å². The number of nitrogens with zero attached hydrogens (tertiary/aromatic N) is 2. The monoisotopic (exact) mass is 194 g/mol. The lowest BCUT2D eigenvalue weighted by Gasteiger charge is -2.28. The van der Waals surface area contributed by atoms with E-state index in [1.165, 1.54) is 32.4 Å². The van der Waals surface area contributed by atoms with Crippen LogP contribution in [0.3, 0.4) is 0 Å². The van der Waals surface area contributed by atoms with Crippen molar-refractivity contribution in [2.45, 2.75) is 25.3 Å². The van der Waals surface area contributed by atoms with E-state index < -0.39 is 0 Å². The van der Waals surface area contributed by atoms with E-state index in [1.807, 2.05) is 0 Å². The summed E-state index contributed by atoms with van der Waals surface area (Å²) in [7, 11) is 0. The second-order valence-electron chi connectivity index (χ2n) is 4.12. The van der Waals surface area contributed by atoms with E-state index in [4.69, 9.17) is 0 Å². The van der Waals surface area contributed by atoms with Crippen molar-refractivity contribution in [2.24, 2.45) is 4.99 Å². The van der Waals surface area contributed by atoms with Crippen LogP contribution >= 0.6 is 0 Å². The van der Waals surface area contributed by atoms with Crippen LogP contribution in [-0.4, -0.2) is 49.9 Å². The third-order valence-electron chi connectivity index (χ3n) is 2.98. The molecule has 3 heteroatoms. The Hall–Kier alpha value is -0.410. The summed E-state index contributed by atoms with van der Waals surface area (Å²) in [6, 6.07) is 0.499. The van der Waals surface area contributed by atoms with E-state index in [-0.39, 0.29) is 0 Å². The first-order chi connectivity index (χ1) is 6.95. The molecule has 2 aliphatic rings. The molecule has 1 atom stereocenters. The van der Waals surface area contributed by atoms with Crippen LogP contribution in [0, 0.1) is 6.42 Å². The highest BCUT2D eigenvalue weighted by Gasteiger charge is 2.13. The molecule has 2 rings (SSSR count). The van der Waals surface area contributed by atoms with E-state index >= 15 is 0 Å². The largest absolute Gasteiger partial charge is 0.314 e. The molecule has 0 amide bonds. The van der Waals surface area contributed by atoms with E-state index in [0.29, 0.717) is 6.04 Å². The van der Waals surface area contributed by atoms with Gasteiger partial charge in [-0.05, 0) is 31.9 Å². The third-order valence-corrected chi connectivity index (χ3v) is 2.98. The van der Waals surface area contributed by atoms with Gasteiger partial charge in [0.05, 0.1) is 6.04 Å². The van der Waals surface area contributed by atoms with Crippen LogP contribution in [0.4, 0.5) is 0 Å². The molecule has 2 aliphatic heterocycles. The first-order valence-corrected chi connectivity index (χ1v) is 5.73. The van der Waals surface area contributed by atoms with Crippen LogP contribution in [-0.2, 0) is 0 Å². The second kappa shape index (κ2) is 5.47. The van der Waals surface area contributed by atoms with Crippen molar-refractivity contribution >= 4 is 6.21 Å². The van der Waals surface area contributed by atoms with Crippen LogP contribution in [0.1, 0.15) is 19.3 Å². The quantitative estimate of drug-likeness (QED) is 0.717. The topological polar surface area (TPSA) is 27.6 Å². The van der Waals surface area contributed by atoms with E-state index in [2.05, 4.69) is 27.8 Å². The number of aliphatic imine (C=N–C) groups is 1. The lowest BCUT2D eigenvalue weighted by atomic mass is 10.0. The predicted molar refractivity (Wildman–Crippen MR) is 59.7 cm³/mol. The minimum Gasteiger partial charge on any atom is -0.314 e. The van der Waals surface area contributed by atoms with Gasteiger partial charge in [0.2, 0.25) is 0 Å². The Labute approximate surface area is 86.6 Å². The molecule has 0 bridgehead atoms. The number of nitrogens with one attached hydrogen (secondary N) is 1. The number of hydrogen-bond acceptors (Lipinski definition) is 3. The first-order valence-electron chi connectivity index (χ1n) is 5.73. The average Bonchev–Trinajstić information content (AvgIpc) is 2.29. The Balaban J connectivity index is 1.65. The molecular weight excluding hydrogens is 174 g/mol. The molecule has 3 nitrogen and oxygen atoms in total. The van der Waals surface area contributed by atoms with E-state index in [0.717, 1.165) is 19.6 Å². The number of rotatable bonds is 3. The molecule has 0 saturated carbocycles. The standard InChI is InChI=1S/C11H20N3/c1-2-5-13-11(3-1)4-8-14-9-6-12-7-10-14/h4-5,11-12H,1-3,6-10H2. The maximum atomic E-state index is 4.49. The highest BCUT2D eigenvalue weighted by molar-refractivity contribution is 5.58. The maximum Gasteiger partial charge on any atom is 0.0540 e. The van der Waals surface area contributed by atoms with Crippen molar-refractivity contribution < 1.29 is 0 Å². The van der Waals surface area contributed by atoms with Gasteiger partial charge in [-0.3, -0.25) is 4.99 Å². The van der Waals surface area contributed by atoms with Crippen LogP contribution in [0.5, 0.6) is 0 Å². The molecule has 14 heavy (non-hydrogen) atoms. The van der Waals surface area contributed by atoms with Crippen molar-refractivity contribution in [2.75, 3.05) is 32.7 Å². The summed E-state index contributed by atoms with van der Waals surface area (Å²) in [4.78, 5) is 6.99. The normalized spacial score (nSPS) is 29.3. The summed E-state index contributed by atoms with van der Waals surface area (Å²) in [6.07, 6.45) is 8.20. The van der Waals surface area contributed by atoms with Crippen molar-refractivity contribution in [3.8, 4) is 0 Å². The first kappa shape index (κ1) is 10.1. The molecule has 2 heterocycles. The molecule has 1 saturated heterocycles. The average molecular weight is 194 g/mol. The minimum absolute atomic E-state index is 0.499.